The van der Waals surface area contributed by atoms with Crippen LogP contribution in [-0.2, 0) is 9.59 Å². The number of aryl methyl sites for hydroxylation is 2. The first-order valence-electron chi connectivity index (χ1n) is 9.99. The number of carbonyl (C=O) groups excluding carboxylic acids is 2. The summed E-state index contributed by atoms with van der Waals surface area (Å²) >= 11 is 0. The van der Waals surface area contributed by atoms with Gasteiger partial charge in [-0.15, -0.1) is 0 Å². The Morgan fingerprint density at radius 2 is 1.39 bits per heavy atom. The first kappa shape index (κ1) is 20.4. The lowest BCUT2D eigenvalue weighted by molar-refractivity contribution is -0.132. The Morgan fingerprint density at radius 1 is 0.839 bits per heavy atom. The summed E-state index contributed by atoms with van der Waals surface area (Å²) in [4.78, 5) is 27.7. The molecule has 1 N–H and O–H groups in total. The molecule has 0 aromatic heterocycles. The molecule has 0 bridgehead atoms. The zero-order chi connectivity index (χ0) is 22.1. The number of hydrogen-bond acceptors (Lipinski definition) is 4. The number of anilines is 1. The van der Waals surface area contributed by atoms with Crippen LogP contribution in [-0.4, -0.2) is 23.9 Å². The van der Waals surface area contributed by atoms with Crippen LogP contribution in [0, 0.1) is 13.8 Å². The van der Waals surface area contributed by atoms with Gasteiger partial charge in [-0.05, 0) is 43.7 Å². The van der Waals surface area contributed by atoms with E-state index in [0.717, 1.165) is 11.1 Å². The van der Waals surface area contributed by atoms with Crippen molar-refractivity contribution in [3.05, 3.63) is 101 Å². The van der Waals surface area contributed by atoms with Crippen LogP contribution in [0.3, 0.4) is 0 Å². The fraction of sp³-hybridized carbons (Fsp3) is 0.154. The molecule has 0 unspecified atom stereocenters. The molecule has 1 heterocycles. The first-order valence-corrected chi connectivity index (χ1v) is 9.99. The number of nitrogens with zero attached hydrogens (tertiary/aromatic N) is 1. The van der Waals surface area contributed by atoms with Gasteiger partial charge in [-0.25, -0.2) is 0 Å². The molecule has 1 amide bonds. The average Bonchev–Trinajstić information content (AvgIpc) is 3.05. The van der Waals surface area contributed by atoms with Gasteiger partial charge in [0.25, 0.3) is 11.7 Å². The van der Waals surface area contributed by atoms with Crippen molar-refractivity contribution in [2.75, 3.05) is 12.0 Å². The van der Waals surface area contributed by atoms with Gasteiger partial charge >= 0.3 is 0 Å². The Balaban J connectivity index is 1.92. The number of hydrogen-bond donors (Lipinski definition) is 1. The Morgan fingerprint density at radius 3 is 1.94 bits per heavy atom. The van der Waals surface area contributed by atoms with E-state index in [1.54, 1.807) is 43.5 Å². The Bertz CT molecular complexity index is 1160. The number of carbonyl (C=O) groups is 2. The topological polar surface area (TPSA) is 66.8 Å². The van der Waals surface area contributed by atoms with Gasteiger partial charge in [-0.1, -0.05) is 59.7 Å². The lowest BCUT2D eigenvalue weighted by atomic mass is 9.95. The molecule has 0 radical (unpaired) electrons. The number of benzene rings is 3. The van der Waals surface area contributed by atoms with E-state index < -0.39 is 17.7 Å². The standard InChI is InChI=1S/C26H23NO4/c1-16-4-8-19(9-5-16)24(28)22-23(18-10-14-21(31-3)15-11-18)27(26(30)25(22)29)20-12-6-17(2)7-13-20/h4-15,23,28H,1-3H3/t23-/m1/s1. The number of rotatable bonds is 4. The third-order valence-corrected chi connectivity index (χ3v) is 5.51. The van der Waals surface area contributed by atoms with Crippen LogP contribution in [0.15, 0.2) is 78.4 Å². The Labute approximate surface area is 181 Å². The second kappa shape index (κ2) is 8.11. The van der Waals surface area contributed by atoms with Crippen molar-refractivity contribution in [2.45, 2.75) is 19.9 Å². The van der Waals surface area contributed by atoms with Gasteiger partial charge in [-0.2, -0.15) is 0 Å². The van der Waals surface area contributed by atoms with E-state index in [1.807, 2.05) is 50.2 Å². The summed E-state index contributed by atoms with van der Waals surface area (Å²) < 4.78 is 5.24. The third kappa shape index (κ3) is 3.70. The lowest BCUT2D eigenvalue weighted by Crippen LogP contribution is -2.29. The highest BCUT2D eigenvalue weighted by Crippen LogP contribution is 2.42. The van der Waals surface area contributed by atoms with Crippen LogP contribution in [0.1, 0.15) is 28.3 Å². The van der Waals surface area contributed by atoms with Gasteiger partial charge in [0, 0.05) is 11.3 Å². The van der Waals surface area contributed by atoms with Gasteiger partial charge in [0.1, 0.15) is 11.5 Å². The number of amides is 1. The van der Waals surface area contributed by atoms with Gasteiger partial charge in [0.15, 0.2) is 0 Å². The normalized spacial score (nSPS) is 17.8. The summed E-state index contributed by atoms with van der Waals surface area (Å²) in [5.41, 5.74) is 3.93. The smallest absolute Gasteiger partial charge is 0.300 e. The highest BCUT2D eigenvalue weighted by atomic mass is 16.5. The molecule has 1 atom stereocenters. The zero-order valence-electron chi connectivity index (χ0n) is 17.6. The fourth-order valence-corrected chi connectivity index (χ4v) is 3.77. The number of ketones is 1. The molecule has 0 aliphatic carbocycles. The summed E-state index contributed by atoms with van der Waals surface area (Å²) in [5, 5.41) is 11.1. The minimum atomic E-state index is -0.755. The molecule has 0 spiro atoms. The minimum Gasteiger partial charge on any atom is -0.507 e. The molecule has 3 aromatic rings. The number of methoxy groups -OCH3 is 1. The summed E-state index contributed by atoms with van der Waals surface area (Å²) in [6, 6.07) is 21.0. The van der Waals surface area contributed by atoms with Gasteiger partial charge in [-0.3, -0.25) is 14.5 Å². The molecule has 1 fully saturated rings. The van der Waals surface area contributed by atoms with E-state index in [4.69, 9.17) is 4.74 Å². The monoisotopic (exact) mass is 413 g/mol. The summed E-state index contributed by atoms with van der Waals surface area (Å²) in [7, 11) is 1.57. The lowest BCUT2D eigenvalue weighted by Gasteiger charge is -2.25. The SMILES string of the molecule is COc1ccc([C@@H]2C(=C(O)c3ccc(C)cc3)C(=O)C(=O)N2c2ccc(C)cc2)cc1. The molecule has 1 saturated heterocycles. The molecule has 1 aliphatic rings. The number of Topliss-reactive ketones (excluding diaryl/α,β-unsaturated/α-hetero) is 1. The van der Waals surface area contributed by atoms with Crippen molar-refractivity contribution >= 4 is 23.1 Å². The maximum atomic E-state index is 13.1. The van der Waals surface area contributed by atoms with Crippen LogP contribution in [0.5, 0.6) is 5.75 Å². The van der Waals surface area contributed by atoms with Crippen molar-refractivity contribution in [3.63, 3.8) is 0 Å². The van der Waals surface area contributed by atoms with Crippen LogP contribution in [0.2, 0.25) is 0 Å². The fourth-order valence-electron chi connectivity index (χ4n) is 3.77. The largest absolute Gasteiger partial charge is 0.507 e. The predicted molar refractivity (Wildman–Crippen MR) is 120 cm³/mol. The van der Waals surface area contributed by atoms with Gasteiger partial charge in [0.2, 0.25) is 0 Å². The molecular formula is C26H23NO4. The van der Waals surface area contributed by atoms with Crippen LogP contribution in [0.4, 0.5) is 5.69 Å². The van der Waals surface area contributed by atoms with Crippen molar-refractivity contribution in [1.29, 1.82) is 0 Å². The molecule has 1 aliphatic heterocycles. The van der Waals surface area contributed by atoms with Crippen LogP contribution >= 0.6 is 0 Å². The summed E-state index contributed by atoms with van der Waals surface area (Å²) in [6.45, 7) is 3.90. The number of aliphatic hydroxyl groups is 1. The second-order valence-corrected chi connectivity index (χ2v) is 7.64. The Hall–Kier alpha value is -3.86. The molecule has 5 heteroatoms. The van der Waals surface area contributed by atoms with Crippen LogP contribution < -0.4 is 9.64 Å². The molecule has 156 valence electrons. The van der Waals surface area contributed by atoms with E-state index in [-0.39, 0.29) is 11.3 Å². The summed E-state index contributed by atoms with van der Waals surface area (Å²) in [6.07, 6.45) is 0. The minimum absolute atomic E-state index is 0.0691. The van der Waals surface area contributed by atoms with E-state index in [9.17, 15) is 14.7 Å². The van der Waals surface area contributed by atoms with E-state index in [1.165, 1.54) is 4.90 Å². The third-order valence-electron chi connectivity index (χ3n) is 5.51. The highest BCUT2D eigenvalue weighted by Gasteiger charge is 2.46. The van der Waals surface area contributed by atoms with Crippen molar-refractivity contribution in [1.82, 2.24) is 0 Å². The maximum Gasteiger partial charge on any atom is 0.300 e. The van der Waals surface area contributed by atoms with Crippen molar-refractivity contribution in [3.8, 4) is 5.75 Å². The highest BCUT2D eigenvalue weighted by molar-refractivity contribution is 6.51. The molecule has 3 aromatic carbocycles. The van der Waals surface area contributed by atoms with E-state index in [2.05, 4.69) is 0 Å². The molecule has 31 heavy (non-hydrogen) atoms. The molecular weight excluding hydrogens is 390 g/mol. The summed E-state index contributed by atoms with van der Waals surface area (Å²) in [5.74, 6) is -0.902. The van der Waals surface area contributed by atoms with Crippen LogP contribution in [0.25, 0.3) is 5.76 Å². The predicted octanol–water partition coefficient (Wildman–Crippen LogP) is 4.94. The number of ether oxygens (including phenoxy) is 1. The maximum absolute atomic E-state index is 13.1. The van der Waals surface area contributed by atoms with Crippen molar-refractivity contribution < 1.29 is 19.4 Å². The van der Waals surface area contributed by atoms with Crippen molar-refractivity contribution in [2.24, 2.45) is 0 Å². The average molecular weight is 413 g/mol. The zero-order valence-corrected chi connectivity index (χ0v) is 17.6. The van der Waals surface area contributed by atoms with E-state index >= 15 is 0 Å². The first-order chi connectivity index (χ1) is 14.9. The van der Waals surface area contributed by atoms with Gasteiger partial charge in [0.05, 0.1) is 18.7 Å². The molecule has 4 rings (SSSR count). The molecule has 5 nitrogen and oxygen atoms in total. The quantitative estimate of drug-likeness (QED) is 0.374. The molecule has 0 saturated carbocycles. The van der Waals surface area contributed by atoms with Gasteiger partial charge < -0.3 is 9.84 Å². The number of aliphatic hydroxyl groups excluding tert-OH is 1. The second-order valence-electron chi connectivity index (χ2n) is 7.64. The van der Waals surface area contributed by atoms with E-state index in [0.29, 0.717) is 22.6 Å². The Kier molecular flexibility index (Phi) is 5.34.